The van der Waals surface area contributed by atoms with Crippen molar-refractivity contribution in [3.63, 3.8) is 0 Å². The van der Waals surface area contributed by atoms with Crippen LogP contribution in [0.15, 0.2) is 42.7 Å². The van der Waals surface area contributed by atoms with Gasteiger partial charge < -0.3 is 5.32 Å². The van der Waals surface area contributed by atoms with Gasteiger partial charge in [-0.25, -0.2) is 0 Å². The number of aryl methyl sites for hydroxylation is 1. The normalized spacial score (nSPS) is 10.4. The molecule has 0 atom stereocenters. The minimum atomic E-state index is -0.337. The van der Waals surface area contributed by atoms with Crippen LogP contribution >= 0.6 is 0 Å². The van der Waals surface area contributed by atoms with Crippen LogP contribution in [0.2, 0.25) is 0 Å². The average Bonchev–Trinajstić information content (AvgIpc) is 2.46. The highest BCUT2D eigenvalue weighted by Crippen LogP contribution is 2.19. The predicted molar refractivity (Wildman–Crippen MR) is 77.5 cm³/mol. The van der Waals surface area contributed by atoms with E-state index in [2.05, 4.69) is 10.3 Å². The number of nitro benzene ring substituents is 1. The molecule has 0 aliphatic rings. The van der Waals surface area contributed by atoms with Crippen molar-refractivity contribution in [2.45, 2.75) is 19.9 Å². The molecule has 5 nitrogen and oxygen atoms in total. The van der Waals surface area contributed by atoms with E-state index >= 15 is 0 Å². The molecule has 0 saturated carbocycles. The van der Waals surface area contributed by atoms with Gasteiger partial charge in [0.2, 0.25) is 0 Å². The maximum Gasteiger partial charge on any atom is 0.272 e. The fourth-order valence-corrected chi connectivity index (χ4v) is 1.98. The maximum absolute atomic E-state index is 10.9. The molecule has 1 aromatic heterocycles. The van der Waals surface area contributed by atoms with Gasteiger partial charge in [0.25, 0.3) is 5.69 Å². The van der Waals surface area contributed by atoms with Crippen molar-refractivity contribution in [1.82, 2.24) is 10.3 Å². The van der Waals surface area contributed by atoms with Crippen molar-refractivity contribution >= 4 is 5.69 Å². The van der Waals surface area contributed by atoms with Gasteiger partial charge >= 0.3 is 0 Å². The molecule has 2 aromatic rings. The molecule has 0 fully saturated rings. The van der Waals surface area contributed by atoms with Gasteiger partial charge in [0, 0.05) is 30.6 Å². The molecule has 0 aliphatic heterocycles. The Balaban J connectivity index is 1.85. The van der Waals surface area contributed by atoms with Gasteiger partial charge in [-0.3, -0.25) is 15.1 Å². The largest absolute Gasteiger partial charge is 0.312 e. The Bertz CT molecular complexity index is 585. The Labute approximate surface area is 117 Å². The van der Waals surface area contributed by atoms with Gasteiger partial charge in [-0.2, -0.15) is 0 Å². The van der Waals surface area contributed by atoms with Gasteiger partial charge in [0.15, 0.2) is 0 Å². The molecule has 5 heteroatoms. The van der Waals surface area contributed by atoms with Crippen LogP contribution in [0.5, 0.6) is 0 Å². The smallest absolute Gasteiger partial charge is 0.272 e. The molecular formula is C15H17N3O2. The summed E-state index contributed by atoms with van der Waals surface area (Å²) in [6.45, 7) is 3.21. The van der Waals surface area contributed by atoms with Gasteiger partial charge in [-0.05, 0) is 43.1 Å². The molecule has 0 saturated heterocycles. The molecule has 1 aromatic carbocycles. The number of nitrogens with one attached hydrogen (secondary N) is 1. The summed E-state index contributed by atoms with van der Waals surface area (Å²) in [6.07, 6.45) is 4.47. The van der Waals surface area contributed by atoms with E-state index in [1.807, 2.05) is 18.2 Å². The second kappa shape index (κ2) is 6.77. The van der Waals surface area contributed by atoms with Crippen LogP contribution in [-0.2, 0) is 13.0 Å². The van der Waals surface area contributed by atoms with Crippen molar-refractivity contribution in [3.05, 3.63) is 69.5 Å². The number of hydrogen-bond acceptors (Lipinski definition) is 4. The topological polar surface area (TPSA) is 68.1 Å². The van der Waals surface area contributed by atoms with Crippen LogP contribution in [0.25, 0.3) is 0 Å². The van der Waals surface area contributed by atoms with Crippen molar-refractivity contribution in [1.29, 1.82) is 0 Å². The summed E-state index contributed by atoms with van der Waals surface area (Å²) in [5.41, 5.74) is 3.02. The first-order chi connectivity index (χ1) is 9.66. The number of pyridine rings is 1. The minimum Gasteiger partial charge on any atom is -0.312 e. The van der Waals surface area contributed by atoms with Crippen LogP contribution in [-0.4, -0.2) is 16.5 Å². The molecule has 20 heavy (non-hydrogen) atoms. The number of nitro groups is 1. The molecule has 104 valence electrons. The molecule has 0 amide bonds. The maximum atomic E-state index is 10.9. The number of nitrogens with zero attached hydrogens (tertiary/aromatic N) is 2. The van der Waals surface area contributed by atoms with E-state index in [9.17, 15) is 10.1 Å². The Morgan fingerprint density at radius 3 is 2.65 bits per heavy atom. The number of rotatable bonds is 6. The Kier molecular flexibility index (Phi) is 4.79. The summed E-state index contributed by atoms with van der Waals surface area (Å²) >= 11 is 0. The molecule has 1 N–H and O–H groups in total. The first-order valence-corrected chi connectivity index (χ1v) is 6.50. The standard InChI is InChI=1S/C15H17N3O2/c1-12-2-3-14(10-15(12)18(19)20)11-17-9-6-13-4-7-16-8-5-13/h2-5,7-8,10,17H,6,9,11H2,1H3. The van der Waals surface area contributed by atoms with Gasteiger partial charge in [0.1, 0.15) is 0 Å². The van der Waals surface area contributed by atoms with Crippen LogP contribution in [0.3, 0.4) is 0 Å². The lowest BCUT2D eigenvalue weighted by Crippen LogP contribution is -2.16. The summed E-state index contributed by atoms with van der Waals surface area (Å²) in [4.78, 5) is 14.5. The molecule has 0 radical (unpaired) electrons. The minimum absolute atomic E-state index is 0.179. The zero-order chi connectivity index (χ0) is 14.4. The quantitative estimate of drug-likeness (QED) is 0.498. The van der Waals surface area contributed by atoms with Gasteiger partial charge in [-0.1, -0.05) is 12.1 Å². The van der Waals surface area contributed by atoms with Crippen LogP contribution in [0.4, 0.5) is 5.69 Å². The van der Waals surface area contributed by atoms with E-state index in [-0.39, 0.29) is 10.6 Å². The van der Waals surface area contributed by atoms with E-state index in [0.29, 0.717) is 12.1 Å². The summed E-state index contributed by atoms with van der Waals surface area (Å²) in [5, 5.41) is 14.2. The predicted octanol–water partition coefficient (Wildman–Crippen LogP) is 2.63. The summed E-state index contributed by atoms with van der Waals surface area (Å²) in [6, 6.07) is 9.31. The summed E-state index contributed by atoms with van der Waals surface area (Å²) in [7, 11) is 0. The Hall–Kier alpha value is -2.27. The third kappa shape index (κ3) is 3.86. The van der Waals surface area contributed by atoms with Crippen molar-refractivity contribution < 1.29 is 4.92 Å². The van der Waals surface area contributed by atoms with E-state index in [4.69, 9.17) is 0 Å². The Morgan fingerprint density at radius 1 is 1.20 bits per heavy atom. The lowest BCUT2D eigenvalue weighted by Gasteiger charge is -2.06. The highest BCUT2D eigenvalue weighted by atomic mass is 16.6. The number of hydrogen-bond donors (Lipinski definition) is 1. The van der Waals surface area contributed by atoms with Gasteiger partial charge in [0.05, 0.1) is 4.92 Å². The Morgan fingerprint density at radius 2 is 1.95 bits per heavy atom. The zero-order valence-corrected chi connectivity index (χ0v) is 11.4. The SMILES string of the molecule is Cc1ccc(CNCCc2ccncc2)cc1[N+](=O)[O-]. The molecule has 0 bridgehead atoms. The van der Waals surface area contributed by atoms with Crippen molar-refractivity contribution in [2.75, 3.05) is 6.54 Å². The number of aromatic nitrogens is 1. The highest BCUT2D eigenvalue weighted by molar-refractivity contribution is 5.42. The average molecular weight is 271 g/mol. The second-order valence-electron chi connectivity index (χ2n) is 4.66. The van der Waals surface area contributed by atoms with Crippen LogP contribution < -0.4 is 5.32 Å². The highest BCUT2D eigenvalue weighted by Gasteiger charge is 2.10. The lowest BCUT2D eigenvalue weighted by atomic mass is 10.1. The third-order valence-corrected chi connectivity index (χ3v) is 3.14. The molecule has 0 aliphatic carbocycles. The molecule has 0 spiro atoms. The first kappa shape index (κ1) is 14.1. The zero-order valence-electron chi connectivity index (χ0n) is 11.4. The van der Waals surface area contributed by atoms with Crippen LogP contribution in [0.1, 0.15) is 16.7 Å². The summed E-state index contributed by atoms with van der Waals surface area (Å²) in [5.74, 6) is 0. The fraction of sp³-hybridized carbons (Fsp3) is 0.267. The fourth-order valence-electron chi connectivity index (χ4n) is 1.98. The van der Waals surface area contributed by atoms with Crippen LogP contribution in [0, 0.1) is 17.0 Å². The first-order valence-electron chi connectivity index (χ1n) is 6.50. The lowest BCUT2D eigenvalue weighted by molar-refractivity contribution is -0.385. The molecular weight excluding hydrogens is 254 g/mol. The molecule has 1 heterocycles. The van der Waals surface area contributed by atoms with Gasteiger partial charge in [-0.15, -0.1) is 0 Å². The third-order valence-electron chi connectivity index (χ3n) is 3.14. The molecule has 2 rings (SSSR count). The van der Waals surface area contributed by atoms with E-state index < -0.39 is 0 Å². The van der Waals surface area contributed by atoms with E-state index in [1.54, 1.807) is 31.5 Å². The molecule has 0 unspecified atom stereocenters. The van der Waals surface area contributed by atoms with Crippen molar-refractivity contribution in [3.8, 4) is 0 Å². The summed E-state index contributed by atoms with van der Waals surface area (Å²) < 4.78 is 0. The number of benzene rings is 1. The van der Waals surface area contributed by atoms with Crippen molar-refractivity contribution in [2.24, 2.45) is 0 Å². The van der Waals surface area contributed by atoms with E-state index in [0.717, 1.165) is 18.5 Å². The second-order valence-corrected chi connectivity index (χ2v) is 4.66. The monoisotopic (exact) mass is 271 g/mol. The van der Waals surface area contributed by atoms with E-state index in [1.165, 1.54) is 5.56 Å².